The lowest BCUT2D eigenvalue weighted by Crippen LogP contribution is -2.51. The van der Waals surface area contributed by atoms with Gasteiger partial charge in [0.1, 0.15) is 6.10 Å². The van der Waals surface area contributed by atoms with Gasteiger partial charge in [0.2, 0.25) is 6.10 Å². The van der Waals surface area contributed by atoms with Crippen LogP contribution >= 0.6 is 11.6 Å². The van der Waals surface area contributed by atoms with E-state index >= 15 is 0 Å². The number of rotatable bonds is 2. The third-order valence-electron chi connectivity index (χ3n) is 5.39. The van der Waals surface area contributed by atoms with Crippen LogP contribution in [0.1, 0.15) is 24.2 Å². The van der Waals surface area contributed by atoms with E-state index in [2.05, 4.69) is 0 Å². The van der Waals surface area contributed by atoms with Crippen LogP contribution in [-0.2, 0) is 14.6 Å². The van der Waals surface area contributed by atoms with Crippen LogP contribution in [-0.4, -0.2) is 50.3 Å². The number of halogens is 1. The Morgan fingerprint density at radius 1 is 1.03 bits per heavy atom. The number of nitrogens with zero attached hydrogens (tertiary/aromatic N) is 1. The summed E-state index contributed by atoms with van der Waals surface area (Å²) >= 11 is 6.24. The minimum atomic E-state index is -3.45. The molecule has 4 rings (SSSR count). The standard InChI is InChI=1S/C21H22ClNO5S/c1-14-20(28-18-9-5-4-8-17(18)27-14)21(24)23-11-10-19(29(25,26)13-12-23)15-6-2-3-7-16(15)22/h2-9,14,19-20H,10-13H2,1H3/t14-,19+,20+/m0/s1. The Labute approximate surface area is 175 Å². The fourth-order valence-electron chi connectivity index (χ4n) is 3.82. The molecular formula is C21H22ClNO5S. The topological polar surface area (TPSA) is 72.9 Å². The predicted octanol–water partition coefficient (Wildman–Crippen LogP) is 3.26. The Kier molecular flexibility index (Phi) is 5.44. The number of ether oxygens (including phenoxy) is 2. The fraction of sp³-hybridized carbons (Fsp3) is 0.381. The van der Waals surface area contributed by atoms with E-state index < -0.39 is 27.3 Å². The van der Waals surface area contributed by atoms with Gasteiger partial charge in [-0.2, -0.15) is 0 Å². The summed E-state index contributed by atoms with van der Waals surface area (Å²) in [5, 5.41) is -0.300. The second kappa shape index (κ2) is 7.88. The van der Waals surface area contributed by atoms with Gasteiger partial charge in [-0.1, -0.05) is 41.9 Å². The minimum Gasteiger partial charge on any atom is -0.482 e. The largest absolute Gasteiger partial charge is 0.482 e. The van der Waals surface area contributed by atoms with E-state index in [0.717, 1.165) is 0 Å². The molecule has 1 amide bonds. The Balaban J connectivity index is 1.54. The summed E-state index contributed by atoms with van der Waals surface area (Å²) in [7, 11) is -3.45. The predicted molar refractivity (Wildman–Crippen MR) is 110 cm³/mol. The number of hydrogen-bond donors (Lipinski definition) is 0. The summed E-state index contributed by atoms with van der Waals surface area (Å²) in [6.45, 7) is 2.21. The summed E-state index contributed by atoms with van der Waals surface area (Å²) in [5.74, 6) is 0.733. The third-order valence-corrected chi connectivity index (χ3v) is 7.84. The molecule has 154 valence electrons. The highest BCUT2D eigenvalue weighted by Crippen LogP contribution is 2.36. The number of sulfone groups is 1. The van der Waals surface area contributed by atoms with Gasteiger partial charge in [0, 0.05) is 18.1 Å². The first kappa shape index (κ1) is 20.0. The molecule has 6 nitrogen and oxygen atoms in total. The lowest BCUT2D eigenvalue weighted by molar-refractivity contribution is -0.144. The molecule has 0 aromatic heterocycles. The molecule has 3 atom stereocenters. The van der Waals surface area contributed by atoms with Gasteiger partial charge in [-0.15, -0.1) is 0 Å². The maximum Gasteiger partial charge on any atom is 0.267 e. The SMILES string of the molecule is C[C@@H]1Oc2ccccc2O[C@H]1C(=O)N1CC[C@H](c2ccccc2Cl)S(=O)(=O)CC1. The van der Waals surface area contributed by atoms with Crippen molar-refractivity contribution < 1.29 is 22.7 Å². The molecular weight excluding hydrogens is 414 g/mol. The monoisotopic (exact) mass is 435 g/mol. The lowest BCUT2D eigenvalue weighted by atomic mass is 10.1. The molecule has 2 aliphatic heterocycles. The summed E-state index contributed by atoms with van der Waals surface area (Å²) in [4.78, 5) is 14.7. The zero-order chi connectivity index (χ0) is 20.6. The summed E-state index contributed by atoms with van der Waals surface area (Å²) in [6.07, 6.45) is -1.00. The number of amides is 1. The van der Waals surface area contributed by atoms with Crippen molar-refractivity contribution in [1.29, 1.82) is 0 Å². The van der Waals surface area contributed by atoms with E-state index in [4.69, 9.17) is 21.1 Å². The third kappa shape index (κ3) is 3.94. The molecule has 2 heterocycles. The Morgan fingerprint density at radius 3 is 2.41 bits per heavy atom. The molecule has 2 aromatic rings. The van der Waals surface area contributed by atoms with E-state index in [1.165, 1.54) is 0 Å². The van der Waals surface area contributed by atoms with Gasteiger partial charge >= 0.3 is 0 Å². The van der Waals surface area contributed by atoms with Gasteiger partial charge in [-0.05, 0) is 37.1 Å². The molecule has 8 heteroatoms. The molecule has 2 aromatic carbocycles. The molecule has 0 saturated carbocycles. The van der Waals surface area contributed by atoms with E-state index in [0.29, 0.717) is 28.6 Å². The Hall–Kier alpha value is -2.25. The van der Waals surface area contributed by atoms with Crippen molar-refractivity contribution in [1.82, 2.24) is 4.90 Å². The van der Waals surface area contributed by atoms with Crippen LogP contribution in [0.4, 0.5) is 0 Å². The van der Waals surface area contributed by atoms with Gasteiger partial charge in [0.25, 0.3) is 5.91 Å². The van der Waals surface area contributed by atoms with E-state index in [-0.39, 0.29) is 24.6 Å². The van der Waals surface area contributed by atoms with E-state index in [9.17, 15) is 13.2 Å². The average molecular weight is 436 g/mol. The van der Waals surface area contributed by atoms with Crippen LogP contribution in [0.25, 0.3) is 0 Å². The fourth-order valence-corrected chi connectivity index (χ4v) is 5.97. The highest BCUT2D eigenvalue weighted by atomic mass is 35.5. The number of carbonyl (C=O) groups excluding carboxylic acids is 1. The van der Waals surface area contributed by atoms with Gasteiger partial charge in [0.15, 0.2) is 21.3 Å². The molecule has 2 aliphatic rings. The molecule has 0 spiro atoms. The van der Waals surface area contributed by atoms with Crippen LogP contribution in [0.2, 0.25) is 5.02 Å². The van der Waals surface area contributed by atoms with Crippen molar-refractivity contribution in [2.75, 3.05) is 18.8 Å². The van der Waals surface area contributed by atoms with Crippen LogP contribution in [0, 0.1) is 0 Å². The molecule has 0 bridgehead atoms. The van der Waals surface area contributed by atoms with Crippen LogP contribution in [0.3, 0.4) is 0 Å². The quantitative estimate of drug-likeness (QED) is 0.724. The van der Waals surface area contributed by atoms with Crippen molar-refractivity contribution in [3.05, 3.63) is 59.1 Å². The molecule has 1 fully saturated rings. The van der Waals surface area contributed by atoms with Crippen molar-refractivity contribution in [2.45, 2.75) is 30.8 Å². The first-order valence-corrected chi connectivity index (χ1v) is 11.6. The minimum absolute atomic E-state index is 0.118. The Bertz CT molecular complexity index is 1030. The highest BCUT2D eigenvalue weighted by Gasteiger charge is 2.40. The van der Waals surface area contributed by atoms with Crippen LogP contribution < -0.4 is 9.47 Å². The number of hydrogen-bond acceptors (Lipinski definition) is 5. The van der Waals surface area contributed by atoms with Gasteiger partial charge in [-0.3, -0.25) is 4.79 Å². The van der Waals surface area contributed by atoms with E-state index in [1.807, 2.05) is 12.1 Å². The second-order valence-electron chi connectivity index (χ2n) is 7.30. The number of benzene rings is 2. The number of para-hydroxylation sites is 2. The number of fused-ring (bicyclic) bond motifs is 1. The first-order chi connectivity index (χ1) is 13.9. The van der Waals surface area contributed by atoms with Crippen molar-refractivity contribution in [2.24, 2.45) is 0 Å². The maximum absolute atomic E-state index is 13.1. The molecule has 1 saturated heterocycles. The smallest absolute Gasteiger partial charge is 0.267 e. The zero-order valence-corrected chi connectivity index (χ0v) is 17.5. The molecule has 0 radical (unpaired) electrons. The molecule has 0 N–H and O–H groups in total. The summed E-state index contributed by atoms with van der Waals surface area (Å²) in [5.41, 5.74) is 0.586. The molecule has 29 heavy (non-hydrogen) atoms. The van der Waals surface area contributed by atoms with Crippen molar-refractivity contribution in [3.8, 4) is 11.5 Å². The second-order valence-corrected chi connectivity index (χ2v) is 10.0. The summed E-state index contributed by atoms with van der Waals surface area (Å²) in [6, 6.07) is 14.2. The first-order valence-electron chi connectivity index (χ1n) is 9.54. The maximum atomic E-state index is 13.1. The highest BCUT2D eigenvalue weighted by molar-refractivity contribution is 7.91. The average Bonchev–Trinajstić information content (AvgIpc) is 2.85. The van der Waals surface area contributed by atoms with Crippen molar-refractivity contribution in [3.63, 3.8) is 0 Å². The van der Waals surface area contributed by atoms with Gasteiger partial charge in [0.05, 0.1) is 11.0 Å². The number of carbonyl (C=O) groups is 1. The Morgan fingerprint density at radius 2 is 1.69 bits per heavy atom. The molecule has 0 aliphatic carbocycles. The van der Waals surface area contributed by atoms with Crippen LogP contribution in [0.5, 0.6) is 11.5 Å². The van der Waals surface area contributed by atoms with E-state index in [1.54, 1.807) is 48.2 Å². The summed E-state index contributed by atoms with van der Waals surface area (Å²) < 4.78 is 37.5. The van der Waals surface area contributed by atoms with Crippen LogP contribution in [0.15, 0.2) is 48.5 Å². The zero-order valence-electron chi connectivity index (χ0n) is 16.0. The molecule has 0 unspecified atom stereocenters. The van der Waals surface area contributed by atoms with Gasteiger partial charge in [-0.25, -0.2) is 8.42 Å². The normalized spacial score (nSPS) is 25.9. The van der Waals surface area contributed by atoms with Gasteiger partial charge < -0.3 is 14.4 Å². The van der Waals surface area contributed by atoms with Crippen molar-refractivity contribution >= 4 is 27.3 Å². The lowest BCUT2D eigenvalue weighted by Gasteiger charge is -2.34.